The Morgan fingerprint density at radius 1 is 1.07 bits per heavy atom. The zero-order chi connectivity index (χ0) is 19.1. The molecule has 142 valence electrons. The fourth-order valence-electron chi connectivity index (χ4n) is 4.97. The number of amides is 1. The van der Waals surface area contributed by atoms with Crippen LogP contribution in [0, 0.1) is 0 Å². The number of nitrogens with zero attached hydrogens (tertiary/aromatic N) is 1. The average Bonchev–Trinajstić information content (AvgIpc) is 2.97. The number of nitrogens with one attached hydrogen (secondary N) is 2. The molecule has 1 spiro atoms. The van der Waals surface area contributed by atoms with Crippen LogP contribution in [0.3, 0.4) is 0 Å². The minimum Gasteiger partial charge on any atom is -0.390 e. The summed E-state index contributed by atoms with van der Waals surface area (Å²) in [5.41, 5.74) is 3.12. The maximum atomic E-state index is 13.2. The summed E-state index contributed by atoms with van der Waals surface area (Å²) in [7, 11) is 0. The summed E-state index contributed by atoms with van der Waals surface area (Å²) in [5, 5.41) is 18.8. The number of aromatic nitrogens is 1. The fourth-order valence-corrected chi connectivity index (χ4v) is 4.97. The van der Waals surface area contributed by atoms with E-state index < -0.39 is 12.1 Å². The minimum atomic E-state index is -0.640. The van der Waals surface area contributed by atoms with Crippen LogP contribution in [0.4, 0.5) is 0 Å². The normalized spacial score (nSPS) is 22.9. The van der Waals surface area contributed by atoms with Gasteiger partial charge in [-0.2, -0.15) is 0 Å². The van der Waals surface area contributed by atoms with Gasteiger partial charge in [0.05, 0.1) is 23.2 Å². The molecule has 5 nitrogen and oxygen atoms in total. The van der Waals surface area contributed by atoms with Crippen LogP contribution in [-0.4, -0.2) is 35.2 Å². The average molecular weight is 373 g/mol. The largest absolute Gasteiger partial charge is 0.390 e. The first kappa shape index (κ1) is 17.3. The first-order valence-corrected chi connectivity index (χ1v) is 9.83. The van der Waals surface area contributed by atoms with Gasteiger partial charge in [0, 0.05) is 17.0 Å². The number of benzene rings is 2. The van der Waals surface area contributed by atoms with Crippen LogP contribution in [0.15, 0.2) is 60.8 Å². The number of carbonyl (C=O) groups excluding carboxylic acids is 1. The zero-order valence-electron chi connectivity index (χ0n) is 15.6. The third-order valence-electron chi connectivity index (χ3n) is 6.37. The van der Waals surface area contributed by atoms with Crippen LogP contribution in [-0.2, 0) is 5.41 Å². The lowest BCUT2D eigenvalue weighted by Crippen LogP contribution is -2.48. The van der Waals surface area contributed by atoms with Crippen LogP contribution in [0.1, 0.15) is 40.4 Å². The van der Waals surface area contributed by atoms with Gasteiger partial charge in [0.1, 0.15) is 0 Å². The van der Waals surface area contributed by atoms with E-state index in [4.69, 9.17) is 0 Å². The van der Waals surface area contributed by atoms with Crippen molar-refractivity contribution < 1.29 is 9.90 Å². The van der Waals surface area contributed by atoms with Gasteiger partial charge in [-0.05, 0) is 49.2 Å². The Hall–Kier alpha value is -2.76. The molecular weight excluding hydrogens is 350 g/mol. The van der Waals surface area contributed by atoms with E-state index in [2.05, 4.69) is 21.7 Å². The molecule has 1 aliphatic heterocycles. The summed E-state index contributed by atoms with van der Waals surface area (Å²) in [6.45, 7) is 1.75. The molecule has 0 saturated carbocycles. The number of piperidine rings is 1. The third-order valence-corrected chi connectivity index (χ3v) is 6.37. The van der Waals surface area contributed by atoms with Crippen molar-refractivity contribution in [3.05, 3.63) is 77.5 Å². The summed E-state index contributed by atoms with van der Waals surface area (Å²) in [6, 6.07) is 17.1. The van der Waals surface area contributed by atoms with E-state index in [1.54, 1.807) is 12.3 Å². The van der Waals surface area contributed by atoms with Gasteiger partial charge in [-0.15, -0.1) is 0 Å². The van der Waals surface area contributed by atoms with Crippen LogP contribution in [0.5, 0.6) is 0 Å². The van der Waals surface area contributed by atoms with Gasteiger partial charge in [0.15, 0.2) is 0 Å². The van der Waals surface area contributed by atoms with Crippen molar-refractivity contribution in [2.45, 2.75) is 30.4 Å². The second kappa shape index (κ2) is 6.69. The molecule has 2 aliphatic rings. The molecule has 1 amide bonds. The molecule has 0 bridgehead atoms. The molecule has 0 radical (unpaired) electrons. The Kier molecular flexibility index (Phi) is 4.14. The number of para-hydroxylation sites is 1. The first-order valence-electron chi connectivity index (χ1n) is 9.83. The number of aliphatic hydroxyl groups excluding tert-OH is 1. The van der Waals surface area contributed by atoms with Crippen LogP contribution >= 0.6 is 0 Å². The Morgan fingerprint density at radius 2 is 1.86 bits per heavy atom. The number of hydrogen-bond acceptors (Lipinski definition) is 4. The second-order valence-corrected chi connectivity index (χ2v) is 7.77. The summed E-state index contributed by atoms with van der Waals surface area (Å²) >= 11 is 0. The summed E-state index contributed by atoms with van der Waals surface area (Å²) in [4.78, 5) is 17.6. The molecule has 2 aromatic carbocycles. The van der Waals surface area contributed by atoms with E-state index in [0.29, 0.717) is 11.1 Å². The van der Waals surface area contributed by atoms with Crippen molar-refractivity contribution in [3.63, 3.8) is 0 Å². The molecule has 2 heterocycles. The molecule has 0 unspecified atom stereocenters. The summed E-state index contributed by atoms with van der Waals surface area (Å²) in [6.07, 6.45) is 2.79. The standard InChI is InChI=1S/C23H23N3O2/c27-21-20(16-7-1-2-9-18(16)23(21)10-13-24-14-11-23)26-22(28)17-8-3-5-15-6-4-12-25-19(15)17/h1-9,12,20-21,24,27H,10-11,13-14H2,(H,26,28)/t20-,21+/m1/s1. The van der Waals surface area contributed by atoms with Crippen molar-refractivity contribution in [3.8, 4) is 0 Å². The quantitative estimate of drug-likeness (QED) is 0.646. The van der Waals surface area contributed by atoms with Gasteiger partial charge in [-0.25, -0.2) is 0 Å². The number of hydrogen-bond donors (Lipinski definition) is 3. The molecule has 3 N–H and O–H groups in total. The Labute approximate surface area is 163 Å². The molecular formula is C23H23N3O2. The van der Waals surface area contributed by atoms with Crippen molar-refractivity contribution in [2.75, 3.05) is 13.1 Å². The van der Waals surface area contributed by atoms with Crippen LogP contribution < -0.4 is 10.6 Å². The summed E-state index contributed by atoms with van der Waals surface area (Å²) < 4.78 is 0. The number of pyridine rings is 1. The minimum absolute atomic E-state index is 0.200. The summed E-state index contributed by atoms with van der Waals surface area (Å²) in [5.74, 6) is -0.200. The van der Waals surface area contributed by atoms with E-state index in [9.17, 15) is 9.90 Å². The van der Waals surface area contributed by atoms with E-state index in [-0.39, 0.29) is 11.3 Å². The topological polar surface area (TPSA) is 74.2 Å². The highest BCUT2D eigenvalue weighted by Gasteiger charge is 2.52. The second-order valence-electron chi connectivity index (χ2n) is 7.77. The van der Waals surface area contributed by atoms with Gasteiger partial charge < -0.3 is 15.7 Å². The highest BCUT2D eigenvalue weighted by Crippen LogP contribution is 2.50. The zero-order valence-corrected chi connectivity index (χ0v) is 15.6. The molecule has 5 rings (SSSR count). The lowest BCUT2D eigenvalue weighted by molar-refractivity contribution is 0.0418. The van der Waals surface area contributed by atoms with Crippen LogP contribution in [0.25, 0.3) is 10.9 Å². The van der Waals surface area contributed by atoms with E-state index >= 15 is 0 Å². The predicted octanol–water partition coefficient (Wildman–Crippen LogP) is 2.70. The van der Waals surface area contributed by atoms with E-state index in [0.717, 1.165) is 36.9 Å². The van der Waals surface area contributed by atoms with Crippen molar-refractivity contribution in [2.24, 2.45) is 0 Å². The number of rotatable bonds is 2. The lowest BCUT2D eigenvalue weighted by atomic mass is 9.72. The molecule has 1 aromatic heterocycles. The van der Waals surface area contributed by atoms with Crippen molar-refractivity contribution in [1.82, 2.24) is 15.6 Å². The molecule has 1 aliphatic carbocycles. The van der Waals surface area contributed by atoms with Gasteiger partial charge in [0.2, 0.25) is 0 Å². The van der Waals surface area contributed by atoms with Crippen LogP contribution in [0.2, 0.25) is 0 Å². The highest BCUT2D eigenvalue weighted by atomic mass is 16.3. The van der Waals surface area contributed by atoms with E-state index in [1.807, 2.05) is 42.5 Å². The van der Waals surface area contributed by atoms with E-state index in [1.165, 1.54) is 5.56 Å². The third kappa shape index (κ3) is 2.54. The Balaban J connectivity index is 1.52. The Morgan fingerprint density at radius 3 is 2.71 bits per heavy atom. The monoisotopic (exact) mass is 373 g/mol. The van der Waals surface area contributed by atoms with Crippen molar-refractivity contribution >= 4 is 16.8 Å². The number of carbonyl (C=O) groups is 1. The smallest absolute Gasteiger partial charge is 0.254 e. The van der Waals surface area contributed by atoms with Gasteiger partial charge in [-0.3, -0.25) is 9.78 Å². The lowest BCUT2D eigenvalue weighted by Gasteiger charge is -2.38. The highest BCUT2D eigenvalue weighted by molar-refractivity contribution is 6.05. The van der Waals surface area contributed by atoms with Gasteiger partial charge in [0.25, 0.3) is 5.91 Å². The van der Waals surface area contributed by atoms with Gasteiger partial charge >= 0.3 is 0 Å². The molecule has 3 aromatic rings. The molecule has 1 saturated heterocycles. The maximum Gasteiger partial charge on any atom is 0.254 e. The Bertz CT molecular complexity index is 1040. The maximum absolute atomic E-state index is 13.2. The molecule has 28 heavy (non-hydrogen) atoms. The number of fused-ring (bicyclic) bond motifs is 3. The predicted molar refractivity (Wildman–Crippen MR) is 108 cm³/mol. The fraction of sp³-hybridized carbons (Fsp3) is 0.304. The number of aliphatic hydroxyl groups is 1. The SMILES string of the molecule is O=C(N[C@@H]1c2ccccc2C2(CCNCC2)[C@H]1O)c1cccc2cccnc12. The molecule has 1 fully saturated rings. The van der Waals surface area contributed by atoms with Gasteiger partial charge in [-0.1, -0.05) is 42.5 Å². The van der Waals surface area contributed by atoms with Crippen molar-refractivity contribution in [1.29, 1.82) is 0 Å². The molecule has 2 atom stereocenters. The molecule has 5 heteroatoms. The first-order chi connectivity index (χ1) is 13.7.